The van der Waals surface area contributed by atoms with Crippen LogP contribution < -0.4 is 10.9 Å². The molecule has 0 spiro atoms. The fourth-order valence-corrected chi connectivity index (χ4v) is 4.28. The van der Waals surface area contributed by atoms with Gasteiger partial charge >= 0.3 is 0 Å². The van der Waals surface area contributed by atoms with Crippen molar-refractivity contribution >= 4 is 21.6 Å². The zero-order chi connectivity index (χ0) is 16.8. The molecule has 0 radical (unpaired) electrons. The maximum atomic E-state index is 13.5. The molecule has 1 aliphatic rings. The predicted molar refractivity (Wildman–Crippen MR) is 89.5 cm³/mol. The first kappa shape index (κ1) is 15.4. The molecule has 4 rings (SSSR count). The SMILES string of the molecule is C[C@H](c1ccc(F)c(F)c1)n1cnc2sc3c(c2c1=O)CCNC3. The molecule has 1 N–H and O–H groups in total. The van der Waals surface area contributed by atoms with E-state index >= 15 is 0 Å². The van der Waals surface area contributed by atoms with Gasteiger partial charge in [-0.3, -0.25) is 9.36 Å². The van der Waals surface area contributed by atoms with E-state index < -0.39 is 17.7 Å². The van der Waals surface area contributed by atoms with Gasteiger partial charge in [-0.25, -0.2) is 13.8 Å². The van der Waals surface area contributed by atoms with Gasteiger partial charge in [0, 0.05) is 11.4 Å². The highest BCUT2D eigenvalue weighted by atomic mass is 32.1. The summed E-state index contributed by atoms with van der Waals surface area (Å²) in [5.74, 6) is -1.81. The number of nitrogens with one attached hydrogen (secondary N) is 1. The second-order valence-corrected chi connectivity index (χ2v) is 7.00. The molecule has 7 heteroatoms. The minimum absolute atomic E-state index is 0.128. The van der Waals surface area contributed by atoms with Crippen LogP contribution in [0.1, 0.15) is 29.0 Å². The fourth-order valence-electron chi connectivity index (χ4n) is 3.14. The summed E-state index contributed by atoms with van der Waals surface area (Å²) < 4.78 is 28.1. The van der Waals surface area contributed by atoms with E-state index in [0.29, 0.717) is 10.9 Å². The van der Waals surface area contributed by atoms with Gasteiger partial charge in [0.05, 0.1) is 17.8 Å². The van der Waals surface area contributed by atoms with Gasteiger partial charge in [-0.15, -0.1) is 11.3 Å². The molecule has 0 bridgehead atoms. The van der Waals surface area contributed by atoms with Gasteiger partial charge in [0.2, 0.25) is 0 Å². The molecule has 0 saturated heterocycles. The summed E-state index contributed by atoms with van der Waals surface area (Å²) in [7, 11) is 0. The first-order valence-corrected chi connectivity index (χ1v) is 8.55. The Morgan fingerprint density at radius 3 is 2.96 bits per heavy atom. The zero-order valence-electron chi connectivity index (χ0n) is 13.0. The highest BCUT2D eigenvalue weighted by molar-refractivity contribution is 7.18. The van der Waals surface area contributed by atoms with E-state index in [-0.39, 0.29) is 5.56 Å². The molecule has 3 heterocycles. The van der Waals surface area contributed by atoms with Gasteiger partial charge in [0.15, 0.2) is 11.6 Å². The largest absolute Gasteiger partial charge is 0.312 e. The molecular weight excluding hydrogens is 332 g/mol. The number of halogens is 2. The molecule has 24 heavy (non-hydrogen) atoms. The van der Waals surface area contributed by atoms with E-state index in [9.17, 15) is 13.6 Å². The number of nitrogens with zero attached hydrogens (tertiary/aromatic N) is 2. The molecule has 2 aromatic heterocycles. The third kappa shape index (κ3) is 2.35. The lowest BCUT2D eigenvalue weighted by molar-refractivity contribution is 0.502. The lowest BCUT2D eigenvalue weighted by Gasteiger charge is -2.16. The van der Waals surface area contributed by atoms with Crippen LogP contribution in [0.2, 0.25) is 0 Å². The summed E-state index contributed by atoms with van der Waals surface area (Å²) in [5.41, 5.74) is 1.47. The van der Waals surface area contributed by atoms with E-state index in [0.717, 1.165) is 46.9 Å². The molecule has 0 fully saturated rings. The number of fused-ring (bicyclic) bond motifs is 3. The van der Waals surface area contributed by atoms with Crippen LogP contribution in [-0.2, 0) is 13.0 Å². The molecule has 1 atom stereocenters. The molecule has 0 saturated carbocycles. The molecule has 3 aromatic rings. The van der Waals surface area contributed by atoms with Gasteiger partial charge < -0.3 is 5.32 Å². The van der Waals surface area contributed by atoms with Crippen LogP contribution >= 0.6 is 11.3 Å². The topological polar surface area (TPSA) is 46.9 Å². The van der Waals surface area contributed by atoms with Crippen LogP contribution in [0, 0.1) is 11.6 Å². The highest BCUT2D eigenvalue weighted by Gasteiger charge is 2.21. The van der Waals surface area contributed by atoms with Crippen molar-refractivity contribution in [1.29, 1.82) is 0 Å². The van der Waals surface area contributed by atoms with Crippen molar-refractivity contribution in [2.24, 2.45) is 0 Å². The third-order valence-electron chi connectivity index (χ3n) is 4.50. The minimum Gasteiger partial charge on any atom is -0.312 e. The number of hydrogen-bond donors (Lipinski definition) is 1. The Hall–Kier alpha value is -2.12. The summed E-state index contributed by atoms with van der Waals surface area (Å²) >= 11 is 1.54. The van der Waals surface area contributed by atoms with Gasteiger partial charge in [-0.1, -0.05) is 6.07 Å². The Labute approximate surface area is 140 Å². The van der Waals surface area contributed by atoms with E-state index in [1.807, 2.05) is 0 Å². The third-order valence-corrected chi connectivity index (χ3v) is 5.64. The zero-order valence-corrected chi connectivity index (χ0v) is 13.8. The standard InChI is InChI=1S/C17H15F2N3OS/c1-9(10-2-3-12(18)13(19)6-10)22-8-21-16-15(17(22)23)11-4-5-20-7-14(11)24-16/h2-3,6,8-9,20H,4-5,7H2,1H3/t9-/m1/s1. The molecule has 0 amide bonds. The number of aromatic nitrogens is 2. The predicted octanol–water partition coefficient (Wildman–Crippen LogP) is 2.99. The number of thiophene rings is 1. The molecular formula is C17H15F2N3OS. The van der Waals surface area contributed by atoms with Crippen molar-refractivity contribution in [3.63, 3.8) is 0 Å². The molecule has 4 nitrogen and oxygen atoms in total. The Morgan fingerprint density at radius 2 is 2.17 bits per heavy atom. The van der Waals surface area contributed by atoms with Crippen LogP contribution in [0.4, 0.5) is 8.78 Å². The fraction of sp³-hybridized carbons (Fsp3) is 0.294. The van der Waals surface area contributed by atoms with E-state index in [1.165, 1.54) is 28.3 Å². The van der Waals surface area contributed by atoms with Crippen molar-refractivity contribution in [2.75, 3.05) is 6.54 Å². The van der Waals surface area contributed by atoms with E-state index in [2.05, 4.69) is 10.3 Å². The van der Waals surface area contributed by atoms with Crippen LogP contribution in [0.15, 0.2) is 29.3 Å². The quantitative estimate of drug-likeness (QED) is 0.775. The first-order valence-electron chi connectivity index (χ1n) is 7.73. The van der Waals surface area contributed by atoms with Crippen LogP contribution in [0.25, 0.3) is 10.2 Å². The molecule has 0 unspecified atom stereocenters. The van der Waals surface area contributed by atoms with Gasteiger partial charge in [0.1, 0.15) is 4.83 Å². The van der Waals surface area contributed by atoms with Crippen LogP contribution in [0.3, 0.4) is 0 Å². The van der Waals surface area contributed by atoms with Crippen molar-refractivity contribution in [3.05, 3.63) is 62.5 Å². The van der Waals surface area contributed by atoms with Crippen molar-refractivity contribution in [1.82, 2.24) is 14.9 Å². The Bertz CT molecular complexity index is 995. The number of rotatable bonds is 2. The van der Waals surface area contributed by atoms with Crippen molar-refractivity contribution in [2.45, 2.75) is 25.9 Å². The Morgan fingerprint density at radius 1 is 1.33 bits per heavy atom. The summed E-state index contributed by atoms with van der Waals surface area (Å²) in [6, 6.07) is 3.27. The summed E-state index contributed by atoms with van der Waals surface area (Å²) in [6.07, 6.45) is 2.29. The highest BCUT2D eigenvalue weighted by Crippen LogP contribution is 2.30. The lowest BCUT2D eigenvalue weighted by atomic mass is 10.1. The van der Waals surface area contributed by atoms with Crippen molar-refractivity contribution < 1.29 is 8.78 Å². The molecule has 1 aromatic carbocycles. The van der Waals surface area contributed by atoms with Gasteiger partial charge in [-0.05, 0) is 43.1 Å². The van der Waals surface area contributed by atoms with Crippen LogP contribution in [0.5, 0.6) is 0 Å². The maximum Gasteiger partial charge on any atom is 0.262 e. The van der Waals surface area contributed by atoms with Crippen molar-refractivity contribution in [3.8, 4) is 0 Å². The average molecular weight is 347 g/mol. The monoisotopic (exact) mass is 347 g/mol. The minimum atomic E-state index is -0.916. The van der Waals surface area contributed by atoms with Gasteiger partial charge in [-0.2, -0.15) is 0 Å². The van der Waals surface area contributed by atoms with E-state index in [1.54, 1.807) is 6.92 Å². The number of hydrogen-bond acceptors (Lipinski definition) is 4. The lowest BCUT2D eigenvalue weighted by Crippen LogP contribution is -2.26. The second kappa shape index (κ2) is 5.75. The maximum absolute atomic E-state index is 13.5. The Kier molecular flexibility index (Phi) is 3.69. The normalized spacial score (nSPS) is 15.5. The van der Waals surface area contributed by atoms with Crippen LogP contribution in [-0.4, -0.2) is 16.1 Å². The van der Waals surface area contributed by atoms with Gasteiger partial charge in [0.25, 0.3) is 5.56 Å². The summed E-state index contributed by atoms with van der Waals surface area (Å²) in [5, 5.41) is 3.95. The molecule has 1 aliphatic heterocycles. The molecule has 0 aliphatic carbocycles. The summed E-state index contributed by atoms with van der Waals surface area (Å²) in [6.45, 7) is 3.38. The summed E-state index contributed by atoms with van der Waals surface area (Å²) in [4.78, 5) is 19.3. The van der Waals surface area contributed by atoms with E-state index in [4.69, 9.17) is 0 Å². The average Bonchev–Trinajstić information content (AvgIpc) is 2.96. The second-order valence-electron chi connectivity index (χ2n) is 5.92. The molecule has 124 valence electrons. The number of benzene rings is 1. The Balaban J connectivity index is 1.86. The first-order chi connectivity index (χ1) is 11.6. The smallest absolute Gasteiger partial charge is 0.262 e.